The number of carbonyl (C=O) groups is 2. The molecule has 0 saturated carbocycles. The van der Waals surface area contributed by atoms with Gasteiger partial charge in [-0.25, -0.2) is 0 Å². The van der Waals surface area contributed by atoms with E-state index in [0.717, 1.165) is 31.4 Å². The third-order valence-corrected chi connectivity index (χ3v) is 7.28. The largest absolute Gasteiger partial charge is 0.493 e. The molecule has 0 bridgehead atoms. The number of imide groups is 1. The molecule has 1 aliphatic heterocycles. The minimum atomic E-state index is -0.527. The molecule has 3 aromatic carbocycles. The molecule has 36 heavy (non-hydrogen) atoms. The molecule has 8 nitrogen and oxygen atoms in total. The summed E-state index contributed by atoms with van der Waals surface area (Å²) in [6.45, 7) is 2.22. The molecule has 0 radical (unpaired) electrons. The van der Waals surface area contributed by atoms with Gasteiger partial charge in [-0.05, 0) is 76.2 Å². The summed E-state index contributed by atoms with van der Waals surface area (Å²) in [5.41, 5.74) is 3.00. The topological polar surface area (TPSA) is 99.0 Å². The van der Waals surface area contributed by atoms with Crippen molar-refractivity contribution in [2.45, 2.75) is 20.1 Å². The van der Waals surface area contributed by atoms with E-state index in [2.05, 4.69) is 22.6 Å². The molecule has 0 atom stereocenters. The SMILES string of the molecule is COc1cc(/C=C2\SC(=O)N(Cc3ccccc3[N+](=O)[O-])C2=O)cc(I)c1OCc1ccccc1C. The fourth-order valence-electron chi connectivity index (χ4n) is 3.67. The molecule has 0 spiro atoms. The van der Waals surface area contributed by atoms with Crippen molar-refractivity contribution in [3.63, 3.8) is 0 Å². The van der Waals surface area contributed by atoms with Crippen LogP contribution in [0.5, 0.6) is 11.5 Å². The number of nitrogens with zero attached hydrogens (tertiary/aromatic N) is 2. The number of methoxy groups -OCH3 is 1. The second-order valence-electron chi connectivity index (χ2n) is 7.90. The fourth-order valence-corrected chi connectivity index (χ4v) is 5.29. The van der Waals surface area contributed by atoms with Gasteiger partial charge in [0, 0.05) is 11.6 Å². The molecule has 1 saturated heterocycles. The number of carbonyl (C=O) groups excluding carboxylic acids is 2. The summed E-state index contributed by atoms with van der Waals surface area (Å²) in [4.78, 5) is 37.6. The van der Waals surface area contributed by atoms with E-state index >= 15 is 0 Å². The van der Waals surface area contributed by atoms with Crippen LogP contribution in [0.4, 0.5) is 10.5 Å². The zero-order valence-electron chi connectivity index (χ0n) is 19.4. The lowest BCUT2D eigenvalue weighted by molar-refractivity contribution is -0.385. The van der Waals surface area contributed by atoms with Gasteiger partial charge in [-0.3, -0.25) is 24.6 Å². The van der Waals surface area contributed by atoms with Crippen LogP contribution in [-0.4, -0.2) is 28.1 Å². The van der Waals surface area contributed by atoms with Gasteiger partial charge < -0.3 is 9.47 Å². The Balaban J connectivity index is 1.56. The van der Waals surface area contributed by atoms with E-state index in [1.54, 1.807) is 24.3 Å². The molecule has 1 heterocycles. The number of nitro benzene ring substituents is 1. The van der Waals surface area contributed by atoms with Gasteiger partial charge >= 0.3 is 0 Å². The third-order valence-electron chi connectivity index (χ3n) is 5.57. The summed E-state index contributed by atoms with van der Waals surface area (Å²) in [6.07, 6.45) is 1.61. The quantitative estimate of drug-likeness (QED) is 0.126. The number of thioether (sulfide) groups is 1. The summed E-state index contributed by atoms with van der Waals surface area (Å²) in [5, 5.41) is 10.8. The van der Waals surface area contributed by atoms with Crippen LogP contribution in [0, 0.1) is 20.6 Å². The van der Waals surface area contributed by atoms with Crippen molar-refractivity contribution in [1.29, 1.82) is 0 Å². The van der Waals surface area contributed by atoms with Crippen LogP contribution in [0.1, 0.15) is 22.3 Å². The normalized spacial score (nSPS) is 14.4. The molecule has 0 unspecified atom stereocenters. The second-order valence-corrected chi connectivity index (χ2v) is 10.1. The minimum Gasteiger partial charge on any atom is -0.493 e. The Kier molecular flexibility index (Phi) is 7.94. The number of hydrogen-bond donors (Lipinski definition) is 0. The highest BCUT2D eigenvalue weighted by atomic mass is 127. The number of nitro groups is 1. The number of ether oxygens (including phenoxy) is 2. The molecule has 1 aliphatic rings. The van der Waals surface area contributed by atoms with Crippen molar-refractivity contribution in [2.24, 2.45) is 0 Å². The van der Waals surface area contributed by atoms with Crippen LogP contribution < -0.4 is 9.47 Å². The van der Waals surface area contributed by atoms with E-state index in [-0.39, 0.29) is 22.7 Å². The van der Waals surface area contributed by atoms with Crippen molar-refractivity contribution in [2.75, 3.05) is 7.11 Å². The molecule has 1 fully saturated rings. The first-order valence-electron chi connectivity index (χ1n) is 10.8. The van der Waals surface area contributed by atoms with Crippen molar-refractivity contribution in [3.05, 3.63) is 102 Å². The highest BCUT2D eigenvalue weighted by Gasteiger charge is 2.36. The highest BCUT2D eigenvalue weighted by Crippen LogP contribution is 2.38. The molecule has 2 amide bonds. The van der Waals surface area contributed by atoms with Gasteiger partial charge in [-0.1, -0.05) is 42.5 Å². The lowest BCUT2D eigenvalue weighted by atomic mass is 10.1. The average Bonchev–Trinajstić information content (AvgIpc) is 3.11. The number of benzene rings is 3. The smallest absolute Gasteiger partial charge is 0.293 e. The van der Waals surface area contributed by atoms with E-state index in [9.17, 15) is 19.7 Å². The fraction of sp³-hybridized carbons (Fsp3) is 0.154. The Hall–Kier alpha value is -3.38. The zero-order chi connectivity index (χ0) is 25.8. The number of amides is 2. The van der Waals surface area contributed by atoms with Gasteiger partial charge in [-0.15, -0.1) is 0 Å². The van der Waals surface area contributed by atoms with Gasteiger partial charge in [0.2, 0.25) is 0 Å². The molecule has 0 N–H and O–H groups in total. The van der Waals surface area contributed by atoms with E-state index in [1.807, 2.05) is 37.3 Å². The van der Waals surface area contributed by atoms with E-state index < -0.39 is 16.1 Å². The second kappa shape index (κ2) is 11.1. The standard InChI is InChI=1S/C26H21IN2O6S/c1-16-7-3-4-9-19(16)15-35-24-20(27)11-17(12-22(24)34-2)13-23-25(30)28(26(31)36-23)14-18-8-5-6-10-21(18)29(32)33/h3-13H,14-15H2,1-2H3/b23-13-. The number of aryl methyl sites for hydroxylation is 1. The van der Waals surface area contributed by atoms with Crippen molar-refractivity contribution >= 4 is 57.3 Å². The van der Waals surface area contributed by atoms with Crippen LogP contribution >= 0.6 is 34.4 Å². The van der Waals surface area contributed by atoms with Gasteiger partial charge in [0.15, 0.2) is 11.5 Å². The number of halogens is 1. The van der Waals surface area contributed by atoms with Gasteiger partial charge in [-0.2, -0.15) is 0 Å². The van der Waals surface area contributed by atoms with Crippen LogP contribution in [0.25, 0.3) is 6.08 Å². The predicted octanol–water partition coefficient (Wildman–Crippen LogP) is 6.33. The molecular formula is C26H21IN2O6S. The molecule has 3 aromatic rings. The van der Waals surface area contributed by atoms with Crippen molar-refractivity contribution in [1.82, 2.24) is 4.90 Å². The van der Waals surface area contributed by atoms with E-state index in [1.165, 1.54) is 19.2 Å². The highest BCUT2D eigenvalue weighted by molar-refractivity contribution is 14.1. The van der Waals surface area contributed by atoms with Crippen LogP contribution in [0.2, 0.25) is 0 Å². The summed E-state index contributed by atoms with van der Waals surface area (Å²) in [7, 11) is 1.54. The maximum atomic E-state index is 13.0. The summed E-state index contributed by atoms with van der Waals surface area (Å²) >= 11 is 2.94. The first-order chi connectivity index (χ1) is 17.3. The van der Waals surface area contributed by atoms with Gasteiger partial charge in [0.1, 0.15) is 6.61 Å². The summed E-state index contributed by atoms with van der Waals surface area (Å²) in [6, 6.07) is 17.6. The maximum absolute atomic E-state index is 13.0. The number of rotatable bonds is 8. The first-order valence-corrected chi connectivity index (χ1v) is 12.7. The number of hydrogen-bond acceptors (Lipinski definition) is 7. The monoisotopic (exact) mass is 616 g/mol. The predicted molar refractivity (Wildman–Crippen MR) is 146 cm³/mol. The summed E-state index contributed by atoms with van der Waals surface area (Å²) in [5.74, 6) is 0.584. The molecule has 0 aromatic heterocycles. The molecule has 10 heteroatoms. The Morgan fingerprint density at radius 3 is 2.47 bits per heavy atom. The van der Waals surface area contributed by atoms with Crippen LogP contribution in [-0.2, 0) is 17.9 Å². The van der Waals surface area contributed by atoms with Gasteiger partial charge in [0.05, 0.1) is 27.1 Å². The van der Waals surface area contributed by atoms with Crippen molar-refractivity contribution < 1.29 is 24.0 Å². The third kappa shape index (κ3) is 5.54. The lowest BCUT2D eigenvalue weighted by Crippen LogP contribution is -2.27. The zero-order valence-corrected chi connectivity index (χ0v) is 22.4. The van der Waals surface area contributed by atoms with Gasteiger partial charge in [0.25, 0.3) is 16.8 Å². The molecule has 0 aliphatic carbocycles. The van der Waals surface area contributed by atoms with E-state index in [0.29, 0.717) is 23.7 Å². The minimum absolute atomic E-state index is 0.138. The lowest BCUT2D eigenvalue weighted by Gasteiger charge is -2.15. The van der Waals surface area contributed by atoms with Crippen molar-refractivity contribution in [3.8, 4) is 11.5 Å². The Morgan fingerprint density at radius 1 is 1.08 bits per heavy atom. The Bertz CT molecular complexity index is 1390. The van der Waals surface area contributed by atoms with Crippen LogP contribution in [0.15, 0.2) is 65.6 Å². The van der Waals surface area contributed by atoms with E-state index in [4.69, 9.17) is 9.47 Å². The summed E-state index contributed by atoms with van der Waals surface area (Å²) < 4.78 is 12.4. The Morgan fingerprint density at radius 2 is 1.78 bits per heavy atom. The maximum Gasteiger partial charge on any atom is 0.293 e. The molecule has 184 valence electrons. The Labute approximate surface area is 225 Å². The number of para-hydroxylation sites is 1. The molecular weight excluding hydrogens is 595 g/mol. The first kappa shape index (κ1) is 25.7. The average molecular weight is 616 g/mol. The van der Waals surface area contributed by atoms with Crippen LogP contribution in [0.3, 0.4) is 0 Å². The molecule has 4 rings (SSSR count).